The van der Waals surface area contributed by atoms with E-state index in [0.717, 1.165) is 25.7 Å². The minimum Gasteiger partial charge on any atom is -0.300 e. The van der Waals surface area contributed by atoms with Gasteiger partial charge in [0.05, 0.1) is 23.3 Å². The molecule has 0 spiro atoms. The Hall–Kier alpha value is -0.620. The van der Waals surface area contributed by atoms with Crippen LogP contribution in [-0.2, 0) is 19.2 Å². The zero-order chi connectivity index (χ0) is 17.1. The van der Waals surface area contributed by atoms with Crippen LogP contribution in [0.4, 0.5) is 0 Å². The van der Waals surface area contributed by atoms with Crippen LogP contribution in [0, 0.1) is 0 Å². The summed E-state index contributed by atoms with van der Waals surface area (Å²) in [4.78, 5) is 44.8. The summed E-state index contributed by atoms with van der Waals surface area (Å²) in [5, 5.41) is -0.725. The van der Waals surface area contributed by atoms with Gasteiger partial charge in [0, 0.05) is 0 Å². The van der Waals surface area contributed by atoms with Crippen LogP contribution in [0.1, 0.15) is 65.2 Å². The SMILES string of the molecule is CC(=O)CC(=O)C(S)CCCCCCC(S)C(=O)CC(C)=O. The second kappa shape index (κ2) is 11.9. The first-order valence-corrected chi connectivity index (χ1v) is 8.67. The largest absolute Gasteiger partial charge is 0.300 e. The van der Waals surface area contributed by atoms with E-state index in [2.05, 4.69) is 25.3 Å². The molecule has 0 saturated carbocycles. The zero-order valence-electron chi connectivity index (χ0n) is 13.3. The van der Waals surface area contributed by atoms with E-state index in [0.29, 0.717) is 12.8 Å². The molecule has 22 heavy (non-hydrogen) atoms. The second-order valence-corrected chi connectivity index (χ2v) is 6.96. The van der Waals surface area contributed by atoms with Crippen molar-refractivity contribution in [2.75, 3.05) is 0 Å². The van der Waals surface area contributed by atoms with Crippen LogP contribution >= 0.6 is 25.3 Å². The summed E-state index contributed by atoms with van der Waals surface area (Å²) in [6.45, 7) is 2.80. The van der Waals surface area contributed by atoms with Crippen LogP contribution in [0.25, 0.3) is 0 Å². The van der Waals surface area contributed by atoms with Crippen molar-refractivity contribution >= 4 is 48.4 Å². The molecule has 0 aromatic carbocycles. The summed E-state index contributed by atoms with van der Waals surface area (Å²) in [5.41, 5.74) is 0. The quantitative estimate of drug-likeness (QED) is 0.306. The number of thiol groups is 2. The Morgan fingerprint density at radius 1 is 0.682 bits per heavy atom. The van der Waals surface area contributed by atoms with Gasteiger partial charge in [-0.05, 0) is 26.7 Å². The van der Waals surface area contributed by atoms with E-state index in [9.17, 15) is 19.2 Å². The highest BCUT2D eigenvalue weighted by Crippen LogP contribution is 2.15. The van der Waals surface area contributed by atoms with E-state index in [1.807, 2.05) is 0 Å². The summed E-state index contributed by atoms with van der Waals surface area (Å²) in [7, 11) is 0. The number of hydrogen-bond acceptors (Lipinski definition) is 6. The van der Waals surface area contributed by atoms with E-state index in [1.165, 1.54) is 13.8 Å². The highest BCUT2D eigenvalue weighted by Gasteiger charge is 2.16. The molecule has 4 nitrogen and oxygen atoms in total. The van der Waals surface area contributed by atoms with Crippen molar-refractivity contribution < 1.29 is 19.2 Å². The normalized spacial score (nSPS) is 13.5. The fraction of sp³-hybridized carbons (Fsp3) is 0.750. The number of carbonyl (C=O) groups is 4. The van der Waals surface area contributed by atoms with E-state index >= 15 is 0 Å². The van der Waals surface area contributed by atoms with Crippen molar-refractivity contribution in [3.8, 4) is 0 Å². The van der Waals surface area contributed by atoms with E-state index in [-0.39, 0.29) is 46.5 Å². The van der Waals surface area contributed by atoms with Gasteiger partial charge in [0.2, 0.25) is 0 Å². The molecule has 0 aromatic rings. The van der Waals surface area contributed by atoms with Crippen LogP contribution in [-0.4, -0.2) is 33.6 Å². The van der Waals surface area contributed by atoms with Gasteiger partial charge in [0.25, 0.3) is 0 Å². The molecule has 0 aromatic heterocycles. The smallest absolute Gasteiger partial charge is 0.152 e. The molecule has 6 heteroatoms. The average molecular weight is 347 g/mol. The number of hydrogen-bond donors (Lipinski definition) is 2. The fourth-order valence-corrected chi connectivity index (χ4v) is 2.62. The molecular weight excluding hydrogens is 320 g/mol. The van der Waals surface area contributed by atoms with Gasteiger partial charge in [0.15, 0.2) is 11.6 Å². The Kier molecular flexibility index (Phi) is 11.5. The fourth-order valence-electron chi connectivity index (χ4n) is 2.08. The Bertz CT molecular complexity index is 369. The Balaban J connectivity index is 3.69. The summed E-state index contributed by atoms with van der Waals surface area (Å²) < 4.78 is 0. The maximum absolute atomic E-state index is 11.6. The molecule has 0 heterocycles. The minimum atomic E-state index is -0.362. The number of ketones is 4. The van der Waals surface area contributed by atoms with Crippen LogP contribution in [0.2, 0.25) is 0 Å². The summed E-state index contributed by atoms with van der Waals surface area (Å²) >= 11 is 8.45. The molecule has 0 amide bonds. The molecule has 2 atom stereocenters. The summed E-state index contributed by atoms with van der Waals surface area (Å²) in [5.74, 6) is -0.472. The van der Waals surface area contributed by atoms with Crippen molar-refractivity contribution in [2.24, 2.45) is 0 Å². The third kappa shape index (κ3) is 11.0. The number of carbonyl (C=O) groups excluding carboxylic acids is 4. The molecule has 126 valence electrons. The molecule has 0 aliphatic carbocycles. The van der Waals surface area contributed by atoms with Gasteiger partial charge in [-0.25, -0.2) is 0 Å². The Labute approximate surface area is 143 Å². The Morgan fingerprint density at radius 2 is 1.00 bits per heavy atom. The molecule has 0 fully saturated rings. The van der Waals surface area contributed by atoms with Crippen LogP contribution in [0.5, 0.6) is 0 Å². The number of Topliss-reactive ketones (excluding diaryl/α,β-unsaturated/α-hetero) is 4. The first-order chi connectivity index (χ1) is 10.2. The average Bonchev–Trinajstić information content (AvgIpc) is 2.40. The van der Waals surface area contributed by atoms with Crippen molar-refractivity contribution in [2.45, 2.75) is 75.7 Å². The monoisotopic (exact) mass is 346 g/mol. The lowest BCUT2D eigenvalue weighted by atomic mass is 10.0. The van der Waals surface area contributed by atoms with E-state index in [1.54, 1.807) is 0 Å². The molecule has 2 unspecified atom stereocenters. The topological polar surface area (TPSA) is 68.3 Å². The van der Waals surface area contributed by atoms with E-state index < -0.39 is 0 Å². The summed E-state index contributed by atoms with van der Waals surface area (Å²) in [6, 6.07) is 0. The van der Waals surface area contributed by atoms with Crippen molar-refractivity contribution in [1.29, 1.82) is 0 Å². The molecule has 0 N–H and O–H groups in total. The first-order valence-electron chi connectivity index (χ1n) is 7.64. The van der Waals surface area contributed by atoms with Crippen molar-refractivity contribution in [3.63, 3.8) is 0 Å². The third-order valence-corrected chi connectivity index (χ3v) is 4.39. The first kappa shape index (κ1) is 21.4. The zero-order valence-corrected chi connectivity index (χ0v) is 15.1. The standard InChI is InChI=1S/C16H26O4S2/c1-11(17)9-13(19)15(21)7-5-3-4-6-8-16(22)14(20)10-12(2)18/h15-16,21-22H,3-10H2,1-2H3. The van der Waals surface area contributed by atoms with Gasteiger partial charge in [-0.15, -0.1) is 0 Å². The van der Waals surface area contributed by atoms with Gasteiger partial charge in [-0.2, -0.15) is 25.3 Å². The molecule has 0 aliphatic rings. The third-order valence-electron chi connectivity index (χ3n) is 3.29. The Morgan fingerprint density at radius 3 is 1.27 bits per heavy atom. The van der Waals surface area contributed by atoms with Crippen molar-refractivity contribution in [3.05, 3.63) is 0 Å². The maximum atomic E-state index is 11.6. The van der Waals surface area contributed by atoms with Crippen LogP contribution in [0.15, 0.2) is 0 Å². The van der Waals surface area contributed by atoms with Crippen LogP contribution in [0.3, 0.4) is 0 Å². The molecule has 0 rings (SSSR count). The van der Waals surface area contributed by atoms with Crippen molar-refractivity contribution in [1.82, 2.24) is 0 Å². The predicted octanol–water partition coefficient (Wildman–Crippen LogP) is 3.02. The molecular formula is C16H26O4S2. The highest BCUT2D eigenvalue weighted by molar-refractivity contribution is 7.82. The molecule has 0 saturated heterocycles. The lowest BCUT2D eigenvalue weighted by Crippen LogP contribution is -2.17. The molecule has 0 radical (unpaired) electrons. The number of rotatable bonds is 13. The maximum Gasteiger partial charge on any atom is 0.152 e. The van der Waals surface area contributed by atoms with Gasteiger partial charge < -0.3 is 0 Å². The van der Waals surface area contributed by atoms with E-state index in [4.69, 9.17) is 0 Å². The van der Waals surface area contributed by atoms with Gasteiger partial charge in [-0.1, -0.05) is 25.7 Å². The number of unbranched alkanes of at least 4 members (excludes halogenated alkanes) is 3. The molecule has 0 aliphatic heterocycles. The lowest BCUT2D eigenvalue weighted by molar-refractivity contribution is -0.127. The summed E-state index contributed by atoms with van der Waals surface area (Å²) in [6.07, 6.45) is 4.91. The van der Waals surface area contributed by atoms with Gasteiger partial charge >= 0.3 is 0 Å². The molecule has 0 bridgehead atoms. The highest BCUT2D eigenvalue weighted by atomic mass is 32.1. The van der Waals surface area contributed by atoms with Gasteiger partial charge in [0.1, 0.15) is 11.6 Å². The predicted molar refractivity (Wildman–Crippen MR) is 93.9 cm³/mol. The van der Waals surface area contributed by atoms with Crippen LogP contribution < -0.4 is 0 Å². The van der Waals surface area contributed by atoms with Gasteiger partial charge in [-0.3, -0.25) is 19.2 Å². The minimum absolute atomic E-state index is 0.0340. The lowest BCUT2D eigenvalue weighted by Gasteiger charge is -2.10. The second-order valence-electron chi connectivity index (χ2n) is 5.71.